The molecule has 3 atom stereocenters. The summed E-state index contributed by atoms with van der Waals surface area (Å²) in [6.45, 7) is 0. The zero-order chi connectivity index (χ0) is 26.7. The monoisotopic (exact) mass is 508 g/mol. The van der Waals surface area contributed by atoms with Crippen molar-refractivity contribution in [2.45, 2.75) is 31.2 Å². The molecular formula is C23H19F3N2O8. The van der Waals surface area contributed by atoms with Crippen LogP contribution in [-0.4, -0.2) is 55.7 Å². The van der Waals surface area contributed by atoms with E-state index in [0.717, 1.165) is 17.5 Å². The maximum atomic E-state index is 13.4. The zero-order valence-corrected chi connectivity index (χ0v) is 18.2. The van der Waals surface area contributed by atoms with Crippen molar-refractivity contribution in [3.05, 3.63) is 51.8 Å². The van der Waals surface area contributed by atoms with Gasteiger partial charge in [-0.05, 0) is 42.0 Å². The molecule has 190 valence electrons. The number of primary amides is 1. The van der Waals surface area contributed by atoms with Gasteiger partial charge in [-0.1, -0.05) is 6.07 Å². The number of phenols is 1. The standard InChI is InChI=1S/C23H19F3N2O8/c24-23(25,26)28-14(31)4-2-8-1-3-12(29)16-11(8)6-9-5-10-7-13(30)17(21(27)35)20(34)22(10,36)19(33)15(9)18(16)32/h1-4,9-10,29,32,34,36H,5-7H2,(H2,27,35)(H,28,31)/b4-2+/t9-,10+,22+/m1/s1. The molecule has 36 heavy (non-hydrogen) atoms. The van der Waals surface area contributed by atoms with Crippen molar-refractivity contribution in [1.29, 1.82) is 0 Å². The van der Waals surface area contributed by atoms with Gasteiger partial charge in [0, 0.05) is 24.0 Å². The summed E-state index contributed by atoms with van der Waals surface area (Å²) in [5, 5.41) is 43.8. The van der Waals surface area contributed by atoms with Gasteiger partial charge in [-0.15, -0.1) is 0 Å². The number of carbonyl (C=O) groups is 4. The number of fused-ring (bicyclic) bond motifs is 3. The van der Waals surface area contributed by atoms with Crippen LogP contribution in [0.5, 0.6) is 5.75 Å². The van der Waals surface area contributed by atoms with Gasteiger partial charge < -0.3 is 26.2 Å². The van der Waals surface area contributed by atoms with Crippen molar-refractivity contribution in [2.24, 2.45) is 17.6 Å². The third kappa shape index (κ3) is 3.81. The molecule has 1 fully saturated rings. The van der Waals surface area contributed by atoms with Crippen LogP contribution in [0.3, 0.4) is 0 Å². The van der Waals surface area contributed by atoms with Gasteiger partial charge in [-0.2, -0.15) is 13.2 Å². The number of aliphatic hydroxyl groups excluding tert-OH is 2. The van der Waals surface area contributed by atoms with Gasteiger partial charge >= 0.3 is 6.30 Å². The number of amides is 2. The van der Waals surface area contributed by atoms with E-state index in [2.05, 4.69) is 0 Å². The Morgan fingerprint density at radius 1 is 1.14 bits per heavy atom. The molecule has 1 aromatic carbocycles. The van der Waals surface area contributed by atoms with E-state index in [1.807, 2.05) is 0 Å². The van der Waals surface area contributed by atoms with E-state index in [0.29, 0.717) is 6.08 Å². The minimum atomic E-state index is -4.95. The van der Waals surface area contributed by atoms with Crippen molar-refractivity contribution >= 4 is 35.2 Å². The first kappa shape index (κ1) is 25.0. The van der Waals surface area contributed by atoms with Crippen LogP contribution in [0.4, 0.5) is 13.2 Å². The SMILES string of the molecule is NC(=O)C1=C(O)[C@@]2(O)C(=O)C3=C(O)c4c(O)ccc(/C=C/C(=O)NC(F)(F)F)c4C[C@H]3C[C@H]2CC1=O. The number of hydrogen-bond acceptors (Lipinski definition) is 8. The van der Waals surface area contributed by atoms with Crippen LogP contribution in [0.15, 0.2) is 35.1 Å². The molecule has 0 spiro atoms. The highest BCUT2D eigenvalue weighted by molar-refractivity contribution is 6.22. The number of halogens is 3. The minimum Gasteiger partial charge on any atom is -0.508 e. The van der Waals surface area contributed by atoms with Crippen molar-refractivity contribution in [1.82, 2.24) is 5.32 Å². The highest BCUT2D eigenvalue weighted by atomic mass is 19.4. The minimum absolute atomic E-state index is 0.0661. The number of hydrogen-bond donors (Lipinski definition) is 6. The molecule has 0 aromatic heterocycles. The Morgan fingerprint density at radius 3 is 2.42 bits per heavy atom. The lowest BCUT2D eigenvalue weighted by Crippen LogP contribution is -2.58. The van der Waals surface area contributed by atoms with Crippen LogP contribution in [0, 0.1) is 11.8 Å². The average molecular weight is 508 g/mol. The van der Waals surface area contributed by atoms with Crippen molar-refractivity contribution < 1.29 is 52.8 Å². The van der Waals surface area contributed by atoms with Crippen LogP contribution in [0.1, 0.15) is 29.5 Å². The van der Waals surface area contributed by atoms with Gasteiger partial charge in [0.25, 0.3) is 11.8 Å². The molecule has 3 aliphatic rings. The fourth-order valence-electron chi connectivity index (χ4n) is 5.15. The lowest BCUT2D eigenvalue weighted by atomic mass is 9.59. The van der Waals surface area contributed by atoms with E-state index >= 15 is 0 Å². The molecule has 0 radical (unpaired) electrons. The van der Waals surface area contributed by atoms with Gasteiger partial charge in [0.05, 0.1) is 5.56 Å². The predicted octanol–water partition coefficient (Wildman–Crippen LogP) is 1.07. The Labute approximate surface area is 200 Å². The van der Waals surface area contributed by atoms with Crippen molar-refractivity contribution in [2.75, 3.05) is 0 Å². The second-order valence-corrected chi connectivity index (χ2v) is 8.75. The van der Waals surface area contributed by atoms with E-state index in [-0.39, 0.29) is 35.1 Å². The summed E-state index contributed by atoms with van der Waals surface area (Å²) in [4.78, 5) is 48.9. The number of Topliss-reactive ketones (excluding diaryl/α,β-unsaturated/α-hetero) is 2. The number of nitrogens with one attached hydrogen (secondary N) is 1. The molecule has 7 N–H and O–H groups in total. The summed E-state index contributed by atoms with van der Waals surface area (Å²) in [7, 11) is 0. The number of carbonyl (C=O) groups excluding carboxylic acids is 4. The van der Waals surface area contributed by atoms with Gasteiger partial charge in [0.2, 0.25) is 5.78 Å². The molecule has 13 heteroatoms. The fourth-order valence-corrected chi connectivity index (χ4v) is 5.15. The van der Waals surface area contributed by atoms with Crippen LogP contribution in [0.2, 0.25) is 0 Å². The summed E-state index contributed by atoms with van der Waals surface area (Å²) < 4.78 is 37.1. The Hall–Kier alpha value is -4.13. The summed E-state index contributed by atoms with van der Waals surface area (Å²) >= 11 is 0. The highest BCUT2D eigenvalue weighted by Crippen LogP contribution is 2.52. The van der Waals surface area contributed by atoms with E-state index in [9.17, 15) is 52.8 Å². The third-order valence-electron chi connectivity index (χ3n) is 6.66. The maximum absolute atomic E-state index is 13.4. The fraction of sp³-hybridized carbons (Fsp3) is 0.304. The number of aliphatic hydroxyl groups is 3. The summed E-state index contributed by atoms with van der Waals surface area (Å²) in [6.07, 6.45) is -3.98. The lowest BCUT2D eigenvalue weighted by molar-refractivity contribution is -0.166. The number of rotatable bonds is 3. The summed E-state index contributed by atoms with van der Waals surface area (Å²) in [5.41, 5.74) is 1.26. The molecule has 1 saturated carbocycles. The van der Waals surface area contributed by atoms with E-state index in [1.165, 1.54) is 6.07 Å². The van der Waals surface area contributed by atoms with Gasteiger partial charge in [-0.3, -0.25) is 24.5 Å². The molecule has 0 saturated heterocycles. The molecule has 4 rings (SSSR count). The van der Waals surface area contributed by atoms with Gasteiger partial charge in [-0.25, -0.2) is 0 Å². The second kappa shape index (κ2) is 8.22. The molecule has 0 bridgehead atoms. The summed E-state index contributed by atoms with van der Waals surface area (Å²) in [5.74, 6) is -9.31. The molecule has 10 nitrogen and oxygen atoms in total. The van der Waals surface area contributed by atoms with Crippen molar-refractivity contribution in [3.63, 3.8) is 0 Å². The normalized spacial score (nSPS) is 26.0. The largest absolute Gasteiger partial charge is 0.508 e. The molecule has 2 amide bonds. The van der Waals surface area contributed by atoms with Crippen LogP contribution in [0.25, 0.3) is 11.8 Å². The van der Waals surface area contributed by atoms with Crippen molar-refractivity contribution in [3.8, 4) is 5.75 Å². The number of phenolic OH excluding ortho intramolecular Hbond substituents is 1. The van der Waals surface area contributed by atoms with Crippen LogP contribution in [-0.2, 0) is 25.6 Å². The molecule has 0 heterocycles. The third-order valence-corrected chi connectivity index (χ3v) is 6.66. The van der Waals surface area contributed by atoms with E-state index < -0.39 is 76.4 Å². The molecule has 1 aromatic rings. The second-order valence-electron chi connectivity index (χ2n) is 8.75. The van der Waals surface area contributed by atoms with E-state index in [1.54, 1.807) is 0 Å². The Morgan fingerprint density at radius 2 is 1.81 bits per heavy atom. The Bertz CT molecular complexity index is 1330. The first-order valence-electron chi connectivity index (χ1n) is 10.6. The number of ketones is 2. The number of aromatic hydroxyl groups is 1. The predicted molar refractivity (Wildman–Crippen MR) is 115 cm³/mol. The molecule has 0 aliphatic heterocycles. The number of nitrogens with two attached hydrogens (primary N) is 1. The first-order valence-corrected chi connectivity index (χ1v) is 10.6. The van der Waals surface area contributed by atoms with E-state index in [4.69, 9.17) is 5.73 Å². The first-order chi connectivity index (χ1) is 16.7. The average Bonchev–Trinajstić information content (AvgIpc) is 2.74. The molecule has 0 unspecified atom stereocenters. The lowest BCUT2D eigenvalue weighted by Gasteiger charge is -2.46. The maximum Gasteiger partial charge on any atom is 0.484 e. The zero-order valence-electron chi connectivity index (χ0n) is 18.2. The van der Waals surface area contributed by atoms with Crippen LogP contribution < -0.4 is 11.1 Å². The Kier molecular flexibility index (Phi) is 5.71. The smallest absolute Gasteiger partial charge is 0.484 e. The Balaban J connectivity index is 1.81. The number of benzene rings is 1. The summed E-state index contributed by atoms with van der Waals surface area (Å²) in [6, 6.07) is 2.38. The molecular weight excluding hydrogens is 489 g/mol. The van der Waals surface area contributed by atoms with Gasteiger partial charge in [0.15, 0.2) is 11.4 Å². The van der Waals surface area contributed by atoms with Crippen LogP contribution >= 0.6 is 0 Å². The number of alkyl halides is 3. The van der Waals surface area contributed by atoms with Gasteiger partial charge in [0.1, 0.15) is 22.8 Å². The molecule has 3 aliphatic carbocycles. The highest BCUT2D eigenvalue weighted by Gasteiger charge is 2.60. The topological polar surface area (TPSA) is 187 Å². The quantitative estimate of drug-likeness (QED) is 0.199.